The third kappa shape index (κ3) is 4.33. The van der Waals surface area contributed by atoms with Crippen molar-refractivity contribution in [2.24, 2.45) is 0 Å². The standard InChI is InChI=1S/C24H20N2O4/c1-29-19-11-12-22-20(14-19)21(24(28)26-22)13-16-7-9-18(10-8-16)30-15-23(27)25-17-5-3-2-4-6-17/h2-14H,15H2,1H3,(H,25,27)(H,26,28)/b21-13-. The molecule has 0 spiro atoms. The van der Waals surface area contributed by atoms with Crippen LogP contribution in [0.5, 0.6) is 11.5 Å². The Morgan fingerprint density at radius 1 is 1.00 bits per heavy atom. The van der Waals surface area contributed by atoms with Gasteiger partial charge in [-0.3, -0.25) is 9.59 Å². The number of hydrogen-bond donors (Lipinski definition) is 2. The summed E-state index contributed by atoms with van der Waals surface area (Å²) in [4.78, 5) is 24.3. The van der Waals surface area contributed by atoms with Gasteiger partial charge in [-0.15, -0.1) is 0 Å². The fourth-order valence-electron chi connectivity index (χ4n) is 3.13. The van der Waals surface area contributed by atoms with Crippen molar-refractivity contribution >= 4 is 34.8 Å². The Morgan fingerprint density at radius 2 is 1.73 bits per heavy atom. The first kappa shape index (κ1) is 19.3. The summed E-state index contributed by atoms with van der Waals surface area (Å²) in [5.41, 5.74) is 3.70. The van der Waals surface area contributed by atoms with E-state index in [-0.39, 0.29) is 18.4 Å². The summed E-state index contributed by atoms with van der Waals surface area (Å²) in [5, 5.41) is 5.62. The molecule has 0 fully saturated rings. The first-order valence-electron chi connectivity index (χ1n) is 9.41. The van der Waals surface area contributed by atoms with Gasteiger partial charge in [0.1, 0.15) is 11.5 Å². The Bertz CT molecular complexity index is 1110. The van der Waals surface area contributed by atoms with Gasteiger partial charge in [-0.1, -0.05) is 30.3 Å². The molecule has 150 valence electrons. The summed E-state index contributed by atoms with van der Waals surface area (Å²) in [6, 6.07) is 21.9. The number of amides is 2. The lowest BCUT2D eigenvalue weighted by Gasteiger charge is -2.08. The molecule has 0 radical (unpaired) electrons. The average Bonchev–Trinajstić information content (AvgIpc) is 3.08. The zero-order valence-corrected chi connectivity index (χ0v) is 16.3. The minimum Gasteiger partial charge on any atom is -0.497 e. The van der Waals surface area contributed by atoms with E-state index in [1.165, 1.54) is 0 Å². The molecule has 2 amide bonds. The quantitative estimate of drug-likeness (QED) is 0.608. The van der Waals surface area contributed by atoms with Crippen molar-refractivity contribution in [2.75, 3.05) is 24.4 Å². The fraction of sp³-hybridized carbons (Fsp3) is 0.0833. The molecular weight excluding hydrogens is 380 g/mol. The largest absolute Gasteiger partial charge is 0.497 e. The summed E-state index contributed by atoms with van der Waals surface area (Å²) >= 11 is 0. The lowest BCUT2D eigenvalue weighted by atomic mass is 10.0. The number of para-hydroxylation sites is 1. The van der Waals surface area contributed by atoms with Crippen molar-refractivity contribution in [2.45, 2.75) is 0 Å². The number of fused-ring (bicyclic) bond motifs is 1. The van der Waals surface area contributed by atoms with E-state index in [1.54, 1.807) is 19.2 Å². The maximum Gasteiger partial charge on any atom is 0.262 e. The van der Waals surface area contributed by atoms with E-state index in [4.69, 9.17) is 9.47 Å². The summed E-state index contributed by atoms with van der Waals surface area (Å²) in [6.45, 7) is -0.0924. The molecule has 3 aromatic carbocycles. The Labute approximate surface area is 174 Å². The van der Waals surface area contributed by atoms with E-state index in [2.05, 4.69) is 10.6 Å². The van der Waals surface area contributed by atoms with Gasteiger partial charge in [0.25, 0.3) is 11.8 Å². The van der Waals surface area contributed by atoms with Crippen molar-refractivity contribution in [3.8, 4) is 11.5 Å². The van der Waals surface area contributed by atoms with Crippen LogP contribution in [0.3, 0.4) is 0 Å². The molecule has 1 aliphatic rings. The monoisotopic (exact) mass is 400 g/mol. The van der Waals surface area contributed by atoms with Crippen LogP contribution in [0.1, 0.15) is 11.1 Å². The van der Waals surface area contributed by atoms with Crippen LogP contribution in [0, 0.1) is 0 Å². The number of ether oxygens (including phenoxy) is 2. The average molecular weight is 400 g/mol. The van der Waals surface area contributed by atoms with Gasteiger partial charge in [-0.25, -0.2) is 0 Å². The molecule has 1 heterocycles. The van der Waals surface area contributed by atoms with E-state index in [0.717, 1.165) is 22.5 Å². The maximum atomic E-state index is 12.3. The molecule has 2 N–H and O–H groups in total. The summed E-state index contributed by atoms with van der Waals surface area (Å²) in [7, 11) is 1.59. The molecule has 0 saturated carbocycles. The van der Waals surface area contributed by atoms with Crippen LogP contribution in [-0.4, -0.2) is 25.5 Å². The molecule has 30 heavy (non-hydrogen) atoms. The topological polar surface area (TPSA) is 76.7 Å². The van der Waals surface area contributed by atoms with Crippen LogP contribution in [-0.2, 0) is 9.59 Å². The van der Waals surface area contributed by atoms with Crippen LogP contribution in [0.2, 0.25) is 0 Å². The van der Waals surface area contributed by atoms with E-state index in [1.807, 2.05) is 66.7 Å². The van der Waals surface area contributed by atoms with Crippen LogP contribution < -0.4 is 20.1 Å². The number of carbonyl (C=O) groups is 2. The summed E-state index contributed by atoms with van der Waals surface area (Å²) in [5.74, 6) is 0.865. The minimum atomic E-state index is -0.236. The molecule has 0 aliphatic carbocycles. The normalized spacial score (nSPS) is 13.5. The third-order valence-corrected chi connectivity index (χ3v) is 4.63. The van der Waals surface area contributed by atoms with Gasteiger partial charge < -0.3 is 20.1 Å². The van der Waals surface area contributed by atoms with Gasteiger partial charge in [-0.2, -0.15) is 0 Å². The van der Waals surface area contributed by atoms with Gasteiger partial charge in [0.2, 0.25) is 0 Å². The van der Waals surface area contributed by atoms with Gasteiger partial charge >= 0.3 is 0 Å². The number of carbonyl (C=O) groups excluding carboxylic acids is 2. The lowest BCUT2D eigenvalue weighted by Crippen LogP contribution is -2.20. The Balaban J connectivity index is 1.42. The summed E-state index contributed by atoms with van der Waals surface area (Å²) in [6.07, 6.45) is 1.81. The van der Waals surface area contributed by atoms with Crippen molar-refractivity contribution in [3.63, 3.8) is 0 Å². The lowest BCUT2D eigenvalue weighted by molar-refractivity contribution is -0.118. The highest BCUT2D eigenvalue weighted by Crippen LogP contribution is 2.35. The van der Waals surface area contributed by atoms with Gasteiger partial charge in [0.05, 0.1) is 7.11 Å². The van der Waals surface area contributed by atoms with E-state index < -0.39 is 0 Å². The zero-order valence-electron chi connectivity index (χ0n) is 16.3. The molecule has 6 nitrogen and oxygen atoms in total. The third-order valence-electron chi connectivity index (χ3n) is 4.63. The SMILES string of the molecule is COc1ccc2c(c1)/C(=C/c1ccc(OCC(=O)Nc3ccccc3)cc1)C(=O)N2. The number of methoxy groups -OCH3 is 1. The van der Waals surface area contributed by atoms with Gasteiger partial charge in [0.15, 0.2) is 6.61 Å². The first-order chi connectivity index (χ1) is 14.6. The molecule has 1 aliphatic heterocycles. The predicted octanol–water partition coefficient (Wildman–Crippen LogP) is 4.21. The van der Waals surface area contributed by atoms with Crippen LogP contribution in [0.25, 0.3) is 11.6 Å². The van der Waals surface area contributed by atoms with Crippen LogP contribution in [0.4, 0.5) is 11.4 Å². The van der Waals surface area contributed by atoms with Gasteiger partial charge in [-0.05, 0) is 54.1 Å². The smallest absolute Gasteiger partial charge is 0.262 e. The molecule has 0 saturated heterocycles. The molecule has 0 aromatic heterocycles. The Morgan fingerprint density at radius 3 is 2.47 bits per heavy atom. The number of benzene rings is 3. The molecule has 3 aromatic rings. The summed E-state index contributed by atoms with van der Waals surface area (Å²) < 4.78 is 10.8. The van der Waals surface area contributed by atoms with Crippen molar-refractivity contribution in [1.29, 1.82) is 0 Å². The number of anilines is 2. The number of rotatable bonds is 6. The zero-order chi connectivity index (χ0) is 20.9. The Kier molecular flexibility index (Phi) is 5.48. The van der Waals surface area contributed by atoms with E-state index >= 15 is 0 Å². The van der Waals surface area contributed by atoms with Crippen molar-refractivity contribution in [1.82, 2.24) is 0 Å². The van der Waals surface area contributed by atoms with Gasteiger partial charge in [0, 0.05) is 22.5 Å². The van der Waals surface area contributed by atoms with Crippen LogP contribution in [0.15, 0.2) is 72.8 Å². The second-order valence-corrected chi connectivity index (χ2v) is 6.70. The number of hydrogen-bond acceptors (Lipinski definition) is 4. The molecule has 6 heteroatoms. The fourth-order valence-corrected chi connectivity index (χ4v) is 3.13. The maximum absolute atomic E-state index is 12.3. The number of nitrogens with one attached hydrogen (secondary N) is 2. The second-order valence-electron chi connectivity index (χ2n) is 6.70. The van der Waals surface area contributed by atoms with E-state index in [9.17, 15) is 9.59 Å². The second kappa shape index (κ2) is 8.53. The molecule has 0 unspecified atom stereocenters. The predicted molar refractivity (Wildman–Crippen MR) is 117 cm³/mol. The molecule has 0 atom stereocenters. The Hall–Kier alpha value is -4.06. The van der Waals surface area contributed by atoms with Crippen molar-refractivity contribution in [3.05, 3.63) is 83.9 Å². The highest BCUT2D eigenvalue weighted by Gasteiger charge is 2.24. The molecule has 0 bridgehead atoms. The minimum absolute atomic E-state index is 0.0924. The van der Waals surface area contributed by atoms with E-state index in [0.29, 0.717) is 17.1 Å². The highest BCUT2D eigenvalue weighted by molar-refractivity contribution is 6.35. The highest BCUT2D eigenvalue weighted by atomic mass is 16.5. The molecular formula is C24H20N2O4. The molecule has 4 rings (SSSR count). The first-order valence-corrected chi connectivity index (χ1v) is 9.41. The van der Waals surface area contributed by atoms with Crippen LogP contribution >= 0.6 is 0 Å². The van der Waals surface area contributed by atoms with Crippen molar-refractivity contribution < 1.29 is 19.1 Å².